The normalized spacial score (nSPS) is 15.9. The summed E-state index contributed by atoms with van der Waals surface area (Å²) in [6.07, 6.45) is 6.76. The molecule has 0 aliphatic heterocycles. The van der Waals surface area contributed by atoms with Crippen molar-refractivity contribution < 1.29 is 0 Å². The van der Waals surface area contributed by atoms with Gasteiger partial charge in [0.15, 0.2) is 0 Å². The van der Waals surface area contributed by atoms with Crippen LogP contribution in [0.5, 0.6) is 0 Å². The van der Waals surface area contributed by atoms with Gasteiger partial charge in [-0.15, -0.1) is 0 Å². The average molecular weight is 404 g/mol. The number of hydrogen-bond acceptors (Lipinski definition) is 1. The van der Waals surface area contributed by atoms with Gasteiger partial charge in [0, 0.05) is 21.6 Å². The maximum atomic E-state index is 6.12. The van der Waals surface area contributed by atoms with Crippen molar-refractivity contribution in [1.82, 2.24) is 9.55 Å². The van der Waals surface area contributed by atoms with Gasteiger partial charge in [0.2, 0.25) is 0 Å². The van der Waals surface area contributed by atoms with Crippen molar-refractivity contribution in [3.63, 3.8) is 0 Å². The number of halogens is 2. The van der Waals surface area contributed by atoms with Crippen LogP contribution in [0, 0.1) is 5.92 Å². The predicted molar refractivity (Wildman–Crippen MR) is 104 cm³/mol. The summed E-state index contributed by atoms with van der Waals surface area (Å²) in [6.45, 7) is 1.05. The highest BCUT2D eigenvalue weighted by Crippen LogP contribution is 2.34. The zero-order chi connectivity index (χ0) is 16.5. The molecule has 1 aromatic heterocycles. The minimum atomic E-state index is 0.737. The van der Waals surface area contributed by atoms with Gasteiger partial charge in [-0.25, -0.2) is 4.98 Å². The Bertz CT molecular complexity index is 865. The van der Waals surface area contributed by atoms with Crippen molar-refractivity contribution in [2.75, 3.05) is 0 Å². The maximum absolute atomic E-state index is 6.12. The topological polar surface area (TPSA) is 17.8 Å². The molecule has 1 saturated carbocycles. The van der Waals surface area contributed by atoms with Crippen LogP contribution < -0.4 is 0 Å². The van der Waals surface area contributed by atoms with Gasteiger partial charge in [-0.1, -0.05) is 43.0 Å². The third-order valence-corrected chi connectivity index (χ3v) is 5.88. The molecule has 4 rings (SSSR count). The molecule has 2 aromatic carbocycles. The van der Waals surface area contributed by atoms with Gasteiger partial charge in [0.05, 0.1) is 11.0 Å². The molecule has 0 atom stereocenters. The molecule has 0 radical (unpaired) electrons. The number of para-hydroxylation sites is 2. The highest BCUT2D eigenvalue weighted by atomic mass is 79.9. The Labute approximate surface area is 156 Å². The Hall–Kier alpha value is -1.32. The quantitative estimate of drug-likeness (QED) is 0.476. The van der Waals surface area contributed by atoms with Crippen LogP contribution >= 0.6 is 27.5 Å². The van der Waals surface area contributed by atoms with Crippen molar-refractivity contribution in [2.45, 2.75) is 38.6 Å². The van der Waals surface area contributed by atoms with Crippen LogP contribution in [0.1, 0.15) is 32.1 Å². The molecule has 0 N–H and O–H groups in total. The number of fused-ring (bicyclic) bond motifs is 1. The van der Waals surface area contributed by atoms with Crippen molar-refractivity contribution in [1.29, 1.82) is 0 Å². The van der Waals surface area contributed by atoms with Crippen LogP contribution in [0.4, 0.5) is 0 Å². The lowest BCUT2D eigenvalue weighted by atomic mass is 9.89. The lowest BCUT2D eigenvalue weighted by Gasteiger charge is -2.23. The molecule has 24 heavy (non-hydrogen) atoms. The Balaban J connectivity index is 1.83. The SMILES string of the molecule is Clc1ccc(-c2nc3ccccc3n2CC2CCCCC2)c(Br)c1. The van der Waals surface area contributed by atoms with Crippen LogP contribution in [0.2, 0.25) is 5.02 Å². The molecule has 1 aliphatic rings. The molecular formula is C20H20BrClN2. The predicted octanol–water partition coefficient (Wildman–Crippen LogP) is 6.70. The molecule has 1 heterocycles. The Morgan fingerprint density at radius 3 is 2.67 bits per heavy atom. The second kappa shape index (κ2) is 6.89. The molecule has 1 aliphatic carbocycles. The van der Waals surface area contributed by atoms with Crippen molar-refractivity contribution >= 4 is 38.6 Å². The molecule has 0 saturated heterocycles. The van der Waals surface area contributed by atoms with Crippen molar-refractivity contribution in [3.8, 4) is 11.4 Å². The smallest absolute Gasteiger partial charge is 0.142 e. The molecule has 0 amide bonds. The first-order valence-electron chi connectivity index (χ1n) is 8.63. The molecular weight excluding hydrogens is 384 g/mol. The number of benzene rings is 2. The van der Waals surface area contributed by atoms with E-state index < -0.39 is 0 Å². The third-order valence-electron chi connectivity index (χ3n) is 4.99. The minimum Gasteiger partial charge on any atom is -0.324 e. The van der Waals surface area contributed by atoms with Crippen LogP contribution in [0.25, 0.3) is 22.4 Å². The van der Waals surface area contributed by atoms with E-state index in [0.29, 0.717) is 0 Å². The van der Waals surface area contributed by atoms with E-state index in [2.05, 4.69) is 50.8 Å². The van der Waals surface area contributed by atoms with E-state index in [-0.39, 0.29) is 0 Å². The second-order valence-electron chi connectivity index (χ2n) is 6.66. The number of rotatable bonds is 3. The average Bonchev–Trinajstić information content (AvgIpc) is 2.94. The summed E-state index contributed by atoms with van der Waals surface area (Å²) in [7, 11) is 0. The molecule has 124 valence electrons. The fourth-order valence-corrected chi connectivity index (χ4v) is 4.62. The van der Waals surface area contributed by atoms with Crippen LogP contribution in [-0.4, -0.2) is 9.55 Å². The standard InChI is InChI=1S/C20H20BrClN2/c21-17-12-15(22)10-11-16(17)20-23-18-8-4-5-9-19(18)24(20)13-14-6-2-1-3-7-14/h4-5,8-12,14H,1-3,6-7,13H2. The second-order valence-corrected chi connectivity index (χ2v) is 7.95. The summed E-state index contributed by atoms with van der Waals surface area (Å²) >= 11 is 9.78. The summed E-state index contributed by atoms with van der Waals surface area (Å²) in [5.41, 5.74) is 3.39. The van der Waals surface area contributed by atoms with Gasteiger partial charge in [-0.2, -0.15) is 0 Å². The zero-order valence-electron chi connectivity index (χ0n) is 13.5. The molecule has 1 fully saturated rings. The van der Waals surface area contributed by atoms with E-state index in [1.807, 2.05) is 12.1 Å². The van der Waals surface area contributed by atoms with Gasteiger partial charge >= 0.3 is 0 Å². The highest BCUT2D eigenvalue weighted by molar-refractivity contribution is 9.10. The van der Waals surface area contributed by atoms with E-state index >= 15 is 0 Å². The summed E-state index contributed by atoms with van der Waals surface area (Å²) in [4.78, 5) is 4.93. The highest BCUT2D eigenvalue weighted by Gasteiger charge is 2.20. The lowest BCUT2D eigenvalue weighted by molar-refractivity contribution is 0.323. The summed E-state index contributed by atoms with van der Waals surface area (Å²) in [6, 6.07) is 14.4. The molecule has 0 bridgehead atoms. The van der Waals surface area contributed by atoms with Gasteiger partial charge in [-0.05, 0) is 65.0 Å². The minimum absolute atomic E-state index is 0.737. The van der Waals surface area contributed by atoms with E-state index in [9.17, 15) is 0 Å². The monoisotopic (exact) mass is 402 g/mol. The van der Waals surface area contributed by atoms with E-state index in [4.69, 9.17) is 16.6 Å². The molecule has 4 heteroatoms. The van der Waals surface area contributed by atoms with Crippen LogP contribution in [0.15, 0.2) is 46.9 Å². The third kappa shape index (κ3) is 3.12. The molecule has 3 aromatic rings. The number of hydrogen-bond donors (Lipinski definition) is 0. The van der Waals surface area contributed by atoms with E-state index in [1.54, 1.807) is 0 Å². The fraction of sp³-hybridized carbons (Fsp3) is 0.350. The fourth-order valence-electron chi connectivity index (χ4n) is 3.76. The van der Waals surface area contributed by atoms with Gasteiger partial charge in [0.1, 0.15) is 5.82 Å². The van der Waals surface area contributed by atoms with Crippen LogP contribution in [-0.2, 0) is 6.54 Å². The number of imidazole rings is 1. The lowest BCUT2D eigenvalue weighted by Crippen LogP contribution is -2.15. The molecule has 0 unspecified atom stereocenters. The molecule has 0 spiro atoms. The van der Waals surface area contributed by atoms with Gasteiger partial charge in [-0.3, -0.25) is 0 Å². The Morgan fingerprint density at radius 2 is 1.88 bits per heavy atom. The van der Waals surface area contributed by atoms with Gasteiger partial charge in [0.25, 0.3) is 0 Å². The first kappa shape index (κ1) is 16.2. The summed E-state index contributed by atoms with van der Waals surface area (Å²) in [5, 5.41) is 0.737. The molecule has 2 nitrogen and oxygen atoms in total. The first-order chi connectivity index (χ1) is 11.7. The van der Waals surface area contributed by atoms with Crippen molar-refractivity contribution in [3.05, 3.63) is 52.0 Å². The first-order valence-corrected chi connectivity index (χ1v) is 9.80. The van der Waals surface area contributed by atoms with Crippen molar-refractivity contribution in [2.24, 2.45) is 5.92 Å². The summed E-state index contributed by atoms with van der Waals surface area (Å²) in [5.74, 6) is 1.78. The van der Waals surface area contributed by atoms with E-state index in [0.717, 1.165) is 38.9 Å². The number of aromatic nitrogens is 2. The summed E-state index contributed by atoms with van der Waals surface area (Å²) < 4.78 is 3.40. The largest absolute Gasteiger partial charge is 0.324 e. The van der Waals surface area contributed by atoms with Gasteiger partial charge < -0.3 is 4.57 Å². The van der Waals surface area contributed by atoms with Crippen LogP contribution in [0.3, 0.4) is 0 Å². The Kier molecular flexibility index (Phi) is 4.64. The number of nitrogens with zero attached hydrogens (tertiary/aromatic N) is 2. The Morgan fingerprint density at radius 1 is 1.08 bits per heavy atom. The maximum Gasteiger partial charge on any atom is 0.142 e. The zero-order valence-corrected chi connectivity index (χ0v) is 15.9. The van der Waals surface area contributed by atoms with E-state index in [1.165, 1.54) is 37.6 Å².